The van der Waals surface area contributed by atoms with Crippen LogP contribution in [-0.2, 0) is 0 Å². The molecule has 1 N–H and O–H groups in total. The van der Waals surface area contributed by atoms with Crippen LogP contribution in [0.4, 0.5) is 0 Å². The first-order valence-electron chi connectivity index (χ1n) is 9.29. The lowest BCUT2D eigenvalue weighted by atomic mass is 10.1. The van der Waals surface area contributed by atoms with Crippen LogP contribution in [0.5, 0.6) is 0 Å². The van der Waals surface area contributed by atoms with E-state index in [9.17, 15) is 4.79 Å². The first-order valence-corrected chi connectivity index (χ1v) is 9.67. The molecule has 1 saturated heterocycles. The summed E-state index contributed by atoms with van der Waals surface area (Å²) in [6.07, 6.45) is 4.03. The normalized spacial score (nSPS) is 16.1. The van der Waals surface area contributed by atoms with Gasteiger partial charge in [-0.1, -0.05) is 11.6 Å². The van der Waals surface area contributed by atoms with Crippen molar-refractivity contribution in [2.45, 2.75) is 32.7 Å². The van der Waals surface area contributed by atoms with Gasteiger partial charge in [0.1, 0.15) is 11.3 Å². The Morgan fingerprint density at radius 1 is 1.30 bits per heavy atom. The van der Waals surface area contributed by atoms with E-state index in [0.717, 1.165) is 35.4 Å². The molecule has 6 heteroatoms. The predicted molar refractivity (Wildman–Crippen MR) is 105 cm³/mol. The zero-order chi connectivity index (χ0) is 19.0. The van der Waals surface area contributed by atoms with Gasteiger partial charge < -0.3 is 14.2 Å². The standard InChI is InChI=1S/C21H23ClN2O3/c1-13-10-19-15(11-16(13)22)14(2)20(27-19)21(25)23-12-17(18-6-5-9-26-18)24-7-3-4-8-24/h5-6,9-11,17H,3-4,7-8,12H2,1-2H3,(H,23,25)/t17-/m1/s1. The Hall–Kier alpha value is -2.24. The van der Waals surface area contributed by atoms with Crippen LogP contribution >= 0.6 is 11.6 Å². The number of rotatable bonds is 5. The highest BCUT2D eigenvalue weighted by Gasteiger charge is 2.27. The average Bonchev–Trinajstić information content (AvgIpc) is 3.39. The summed E-state index contributed by atoms with van der Waals surface area (Å²) in [4.78, 5) is 15.2. The molecule has 142 valence electrons. The molecule has 0 saturated carbocycles. The molecular formula is C21H23ClN2O3. The fourth-order valence-electron chi connectivity index (χ4n) is 3.77. The summed E-state index contributed by atoms with van der Waals surface area (Å²) in [5.74, 6) is 1.00. The second-order valence-corrected chi connectivity index (χ2v) is 7.55. The van der Waals surface area contributed by atoms with E-state index in [2.05, 4.69) is 10.2 Å². The van der Waals surface area contributed by atoms with Crippen molar-refractivity contribution in [3.63, 3.8) is 0 Å². The number of likely N-dealkylation sites (tertiary alicyclic amines) is 1. The van der Waals surface area contributed by atoms with Gasteiger partial charge in [-0.15, -0.1) is 0 Å². The monoisotopic (exact) mass is 386 g/mol. The highest BCUT2D eigenvalue weighted by Crippen LogP contribution is 2.30. The van der Waals surface area contributed by atoms with E-state index in [1.165, 1.54) is 12.8 Å². The molecule has 0 bridgehead atoms. The molecule has 0 unspecified atom stereocenters. The van der Waals surface area contributed by atoms with E-state index in [0.29, 0.717) is 22.9 Å². The third-order valence-corrected chi connectivity index (χ3v) is 5.74. The van der Waals surface area contributed by atoms with Gasteiger partial charge in [-0.25, -0.2) is 0 Å². The van der Waals surface area contributed by atoms with E-state index in [1.54, 1.807) is 6.26 Å². The van der Waals surface area contributed by atoms with Gasteiger partial charge in [0.25, 0.3) is 5.91 Å². The molecule has 0 radical (unpaired) electrons. The predicted octanol–water partition coefficient (Wildman–Crippen LogP) is 4.86. The molecule has 3 heterocycles. The van der Waals surface area contributed by atoms with Crippen LogP contribution in [0.1, 0.15) is 46.3 Å². The van der Waals surface area contributed by atoms with Crippen LogP contribution in [0, 0.1) is 13.8 Å². The van der Waals surface area contributed by atoms with Crippen molar-refractivity contribution in [1.82, 2.24) is 10.2 Å². The first-order chi connectivity index (χ1) is 13.0. The Balaban J connectivity index is 1.54. The number of halogens is 1. The van der Waals surface area contributed by atoms with Crippen molar-refractivity contribution in [2.24, 2.45) is 0 Å². The minimum atomic E-state index is -0.215. The highest BCUT2D eigenvalue weighted by molar-refractivity contribution is 6.32. The van der Waals surface area contributed by atoms with Gasteiger partial charge in [-0.05, 0) is 69.6 Å². The summed E-state index contributed by atoms with van der Waals surface area (Å²) in [5, 5.41) is 4.57. The number of aryl methyl sites for hydroxylation is 2. The molecule has 3 aromatic rings. The fraction of sp³-hybridized carbons (Fsp3) is 0.381. The molecule has 0 aliphatic carbocycles. The van der Waals surface area contributed by atoms with Crippen molar-refractivity contribution in [3.05, 3.63) is 58.2 Å². The number of hydrogen-bond donors (Lipinski definition) is 1. The first kappa shape index (κ1) is 18.1. The SMILES string of the molecule is Cc1cc2oc(C(=O)NC[C@H](c3ccco3)N3CCCC3)c(C)c2cc1Cl. The maximum atomic E-state index is 12.8. The van der Waals surface area contributed by atoms with Crippen molar-refractivity contribution in [3.8, 4) is 0 Å². The number of carbonyl (C=O) groups is 1. The van der Waals surface area contributed by atoms with Gasteiger partial charge in [-0.2, -0.15) is 0 Å². The lowest BCUT2D eigenvalue weighted by molar-refractivity contribution is 0.0907. The zero-order valence-electron chi connectivity index (χ0n) is 15.5. The van der Waals surface area contributed by atoms with Gasteiger partial charge in [0.05, 0.1) is 12.3 Å². The lowest BCUT2D eigenvalue weighted by Gasteiger charge is -2.25. The summed E-state index contributed by atoms with van der Waals surface area (Å²) in [6.45, 7) is 6.31. The van der Waals surface area contributed by atoms with Gasteiger partial charge >= 0.3 is 0 Å². The molecule has 27 heavy (non-hydrogen) atoms. The number of furan rings is 2. The second-order valence-electron chi connectivity index (χ2n) is 7.14. The molecule has 1 fully saturated rings. The van der Waals surface area contributed by atoms with E-state index in [1.807, 2.05) is 38.1 Å². The molecule has 1 aliphatic rings. The van der Waals surface area contributed by atoms with Gasteiger partial charge in [-0.3, -0.25) is 9.69 Å². The Morgan fingerprint density at radius 3 is 2.78 bits per heavy atom. The van der Waals surface area contributed by atoms with Crippen LogP contribution in [-0.4, -0.2) is 30.4 Å². The molecule has 1 amide bonds. The third-order valence-electron chi connectivity index (χ3n) is 5.33. The van der Waals surface area contributed by atoms with Crippen LogP contribution in [0.3, 0.4) is 0 Å². The highest BCUT2D eigenvalue weighted by atomic mass is 35.5. The van der Waals surface area contributed by atoms with E-state index in [4.69, 9.17) is 20.4 Å². The van der Waals surface area contributed by atoms with E-state index < -0.39 is 0 Å². The largest absolute Gasteiger partial charge is 0.468 e. The summed E-state index contributed by atoms with van der Waals surface area (Å²) >= 11 is 6.22. The number of amides is 1. The number of nitrogens with zero attached hydrogens (tertiary/aromatic N) is 1. The van der Waals surface area contributed by atoms with Crippen LogP contribution in [0.15, 0.2) is 39.4 Å². The third kappa shape index (κ3) is 3.49. The quantitative estimate of drug-likeness (QED) is 0.680. The summed E-state index contributed by atoms with van der Waals surface area (Å²) in [6, 6.07) is 7.62. The van der Waals surface area contributed by atoms with Gasteiger partial charge in [0, 0.05) is 22.5 Å². The van der Waals surface area contributed by atoms with Crippen LogP contribution in [0.25, 0.3) is 11.0 Å². The van der Waals surface area contributed by atoms with E-state index >= 15 is 0 Å². The Kier molecular flexibility index (Phi) is 4.98. The molecule has 5 nitrogen and oxygen atoms in total. The second kappa shape index (κ2) is 7.41. The number of carbonyl (C=O) groups excluding carboxylic acids is 1. The number of hydrogen-bond acceptors (Lipinski definition) is 4. The number of nitrogens with one attached hydrogen (secondary N) is 1. The molecule has 1 aliphatic heterocycles. The molecule has 1 atom stereocenters. The lowest BCUT2D eigenvalue weighted by Crippen LogP contribution is -2.36. The van der Waals surface area contributed by atoms with Gasteiger partial charge in [0.15, 0.2) is 5.76 Å². The molecule has 0 spiro atoms. The molecule has 1 aromatic carbocycles. The molecular weight excluding hydrogens is 364 g/mol. The molecule has 2 aromatic heterocycles. The van der Waals surface area contributed by atoms with Crippen molar-refractivity contribution < 1.29 is 13.6 Å². The van der Waals surface area contributed by atoms with Crippen molar-refractivity contribution >= 4 is 28.5 Å². The zero-order valence-corrected chi connectivity index (χ0v) is 16.3. The summed E-state index contributed by atoms with van der Waals surface area (Å²) in [7, 11) is 0. The van der Waals surface area contributed by atoms with Crippen LogP contribution < -0.4 is 5.32 Å². The van der Waals surface area contributed by atoms with Gasteiger partial charge in [0.2, 0.25) is 0 Å². The van der Waals surface area contributed by atoms with E-state index in [-0.39, 0.29) is 11.9 Å². The minimum absolute atomic E-state index is 0.0350. The van der Waals surface area contributed by atoms with Crippen LogP contribution in [0.2, 0.25) is 5.02 Å². The smallest absolute Gasteiger partial charge is 0.287 e. The fourth-order valence-corrected chi connectivity index (χ4v) is 3.94. The Bertz CT molecular complexity index is 956. The van der Waals surface area contributed by atoms with Crippen molar-refractivity contribution in [2.75, 3.05) is 19.6 Å². The Morgan fingerprint density at radius 2 is 2.07 bits per heavy atom. The maximum Gasteiger partial charge on any atom is 0.287 e. The maximum absolute atomic E-state index is 12.8. The molecule has 4 rings (SSSR count). The number of benzene rings is 1. The van der Waals surface area contributed by atoms with Crippen molar-refractivity contribution in [1.29, 1.82) is 0 Å². The topological polar surface area (TPSA) is 58.6 Å². The Labute approximate surface area is 163 Å². The number of fused-ring (bicyclic) bond motifs is 1. The summed E-state index contributed by atoms with van der Waals surface area (Å²) < 4.78 is 11.5. The summed E-state index contributed by atoms with van der Waals surface area (Å²) in [5.41, 5.74) is 2.42. The minimum Gasteiger partial charge on any atom is -0.468 e. The average molecular weight is 387 g/mol.